The van der Waals surface area contributed by atoms with Crippen LogP contribution < -0.4 is 4.74 Å². The van der Waals surface area contributed by atoms with E-state index in [-0.39, 0.29) is 0 Å². The number of rotatable bonds is 5. The molecular formula is C21H24N4O. The minimum absolute atomic E-state index is 0.291. The second-order valence-corrected chi connectivity index (χ2v) is 7.47. The Hall–Kier alpha value is -2.40. The molecule has 2 aliphatic rings. The standard InChI is InChI=1S/C21H24N4O/c1-2-19-18(7-11-22-19)20(3-1)26-17-8-12-25(13-9-17)14-16-6-10-23-21(24-16)15-4-5-15/h1-3,6-7,10-11,15,17,22H,4-5,8-9,12-14H2. The maximum atomic E-state index is 6.31. The topological polar surface area (TPSA) is 54.0 Å². The minimum atomic E-state index is 0.291. The number of fused-ring (bicyclic) bond motifs is 1. The highest BCUT2D eigenvalue weighted by molar-refractivity contribution is 5.85. The first kappa shape index (κ1) is 15.8. The molecule has 5 rings (SSSR count). The Labute approximate surface area is 153 Å². The number of likely N-dealkylation sites (tertiary alicyclic amines) is 1. The van der Waals surface area contributed by atoms with Gasteiger partial charge in [-0.1, -0.05) is 6.07 Å². The van der Waals surface area contributed by atoms with Gasteiger partial charge in [-0.3, -0.25) is 4.90 Å². The zero-order chi connectivity index (χ0) is 17.3. The summed E-state index contributed by atoms with van der Waals surface area (Å²) in [6, 6.07) is 10.4. The van der Waals surface area contributed by atoms with Crippen molar-refractivity contribution >= 4 is 10.9 Å². The van der Waals surface area contributed by atoms with Gasteiger partial charge in [0.25, 0.3) is 0 Å². The largest absolute Gasteiger partial charge is 0.490 e. The van der Waals surface area contributed by atoms with Crippen molar-refractivity contribution in [2.45, 2.75) is 44.2 Å². The lowest BCUT2D eigenvalue weighted by atomic mass is 10.1. The van der Waals surface area contributed by atoms with Crippen LogP contribution in [0.25, 0.3) is 10.9 Å². The number of hydrogen-bond donors (Lipinski definition) is 1. The Kier molecular flexibility index (Phi) is 4.09. The van der Waals surface area contributed by atoms with E-state index in [9.17, 15) is 0 Å². The maximum absolute atomic E-state index is 6.31. The summed E-state index contributed by atoms with van der Waals surface area (Å²) >= 11 is 0. The molecule has 0 radical (unpaired) electrons. The number of benzene rings is 1. The van der Waals surface area contributed by atoms with Gasteiger partial charge in [0, 0.05) is 48.8 Å². The van der Waals surface area contributed by atoms with E-state index in [1.807, 2.05) is 12.4 Å². The van der Waals surface area contributed by atoms with Gasteiger partial charge in [-0.15, -0.1) is 0 Å². The predicted octanol–water partition coefficient (Wildman–Crippen LogP) is 3.88. The number of aromatic nitrogens is 3. The molecule has 5 heteroatoms. The van der Waals surface area contributed by atoms with Crippen LogP contribution in [0.3, 0.4) is 0 Å². The van der Waals surface area contributed by atoms with Crippen molar-refractivity contribution in [3.05, 3.63) is 54.2 Å². The van der Waals surface area contributed by atoms with E-state index in [1.165, 1.54) is 18.2 Å². The molecule has 1 saturated heterocycles. The summed E-state index contributed by atoms with van der Waals surface area (Å²) in [6.07, 6.45) is 8.79. The minimum Gasteiger partial charge on any atom is -0.490 e. The lowest BCUT2D eigenvalue weighted by molar-refractivity contribution is 0.0972. The summed E-state index contributed by atoms with van der Waals surface area (Å²) in [5.74, 6) is 2.65. The van der Waals surface area contributed by atoms with Gasteiger partial charge in [0.05, 0.1) is 5.69 Å². The Balaban J connectivity index is 1.18. The third-order valence-corrected chi connectivity index (χ3v) is 5.44. The number of piperidine rings is 1. The molecule has 1 aliphatic carbocycles. The highest BCUT2D eigenvalue weighted by atomic mass is 16.5. The highest BCUT2D eigenvalue weighted by Gasteiger charge is 2.27. The van der Waals surface area contributed by atoms with Crippen molar-refractivity contribution in [3.8, 4) is 5.75 Å². The monoisotopic (exact) mass is 348 g/mol. The molecule has 0 unspecified atom stereocenters. The van der Waals surface area contributed by atoms with Crippen molar-refractivity contribution in [3.63, 3.8) is 0 Å². The van der Waals surface area contributed by atoms with Crippen molar-refractivity contribution in [2.75, 3.05) is 13.1 Å². The third kappa shape index (κ3) is 3.31. The predicted molar refractivity (Wildman–Crippen MR) is 101 cm³/mol. The quantitative estimate of drug-likeness (QED) is 0.760. The first-order valence-electron chi connectivity index (χ1n) is 9.62. The molecule has 5 nitrogen and oxygen atoms in total. The Morgan fingerprint density at radius 1 is 1.08 bits per heavy atom. The van der Waals surface area contributed by atoms with Crippen molar-refractivity contribution < 1.29 is 4.74 Å². The van der Waals surface area contributed by atoms with Gasteiger partial charge in [-0.05, 0) is 49.9 Å². The van der Waals surface area contributed by atoms with E-state index in [4.69, 9.17) is 9.72 Å². The zero-order valence-electron chi connectivity index (χ0n) is 14.9. The van der Waals surface area contributed by atoms with Crippen LogP contribution in [0, 0.1) is 0 Å². The molecule has 1 N–H and O–H groups in total. The van der Waals surface area contributed by atoms with Crippen molar-refractivity contribution in [1.82, 2.24) is 19.9 Å². The smallest absolute Gasteiger partial charge is 0.131 e. The van der Waals surface area contributed by atoms with Crippen LogP contribution >= 0.6 is 0 Å². The number of ether oxygens (including phenoxy) is 1. The average molecular weight is 348 g/mol. The van der Waals surface area contributed by atoms with E-state index < -0.39 is 0 Å². The third-order valence-electron chi connectivity index (χ3n) is 5.44. The summed E-state index contributed by atoms with van der Waals surface area (Å²) in [7, 11) is 0. The van der Waals surface area contributed by atoms with Crippen LogP contribution in [0.1, 0.15) is 43.1 Å². The molecule has 1 saturated carbocycles. The molecule has 0 atom stereocenters. The lowest BCUT2D eigenvalue weighted by Gasteiger charge is -2.32. The molecular weight excluding hydrogens is 324 g/mol. The van der Waals surface area contributed by atoms with Crippen molar-refractivity contribution in [1.29, 1.82) is 0 Å². The number of hydrogen-bond acceptors (Lipinski definition) is 4. The molecule has 26 heavy (non-hydrogen) atoms. The molecule has 1 aliphatic heterocycles. The normalized spacial score (nSPS) is 19.1. The van der Waals surface area contributed by atoms with Crippen LogP contribution in [0.4, 0.5) is 0 Å². The molecule has 0 spiro atoms. The first-order valence-corrected chi connectivity index (χ1v) is 9.62. The highest BCUT2D eigenvalue weighted by Crippen LogP contribution is 2.37. The SMILES string of the molecule is c1cc(OC2CCN(Cc3ccnc(C4CC4)n3)CC2)c2cc[nH]c2c1. The van der Waals surface area contributed by atoms with Gasteiger partial charge >= 0.3 is 0 Å². The number of nitrogens with zero attached hydrogens (tertiary/aromatic N) is 3. The first-order chi connectivity index (χ1) is 12.8. The molecule has 3 heterocycles. The van der Waals surface area contributed by atoms with Crippen LogP contribution in [0.5, 0.6) is 5.75 Å². The maximum Gasteiger partial charge on any atom is 0.131 e. The molecule has 3 aromatic rings. The molecule has 134 valence electrons. The van der Waals surface area contributed by atoms with E-state index in [0.717, 1.165) is 55.3 Å². The van der Waals surface area contributed by atoms with Crippen LogP contribution in [-0.4, -0.2) is 39.0 Å². The van der Waals surface area contributed by atoms with Gasteiger partial charge in [0.15, 0.2) is 0 Å². The average Bonchev–Trinajstić information content (AvgIpc) is 3.41. The molecule has 2 fully saturated rings. The van der Waals surface area contributed by atoms with Crippen molar-refractivity contribution in [2.24, 2.45) is 0 Å². The second kappa shape index (κ2) is 6.72. The number of H-pyrrole nitrogens is 1. The van der Waals surface area contributed by atoms with Gasteiger partial charge in [-0.25, -0.2) is 9.97 Å². The van der Waals surface area contributed by atoms with Gasteiger partial charge in [0.2, 0.25) is 0 Å². The van der Waals surface area contributed by atoms with Gasteiger partial charge in [0.1, 0.15) is 17.7 Å². The fourth-order valence-electron chi connectivity index (χ4n) is 3.79. The fourth-order valence-corrected chi connectivity index (χ4v) is 3.79. The summed E-state index contributed by atoms with van der Waals surface area (Å²) in [4.78, 5) is 14.9. The van der Waals surface area contributed by atoms with Gasteiger partial charge in [-0.2, -0.15) is 0 Å². The zero-order valence-corrected chi connectivity index (χ0v) is 14.9. The van der Waals surface area contributed by atoms with Crippen LogP contribution in [-0.2, 0) is 6.54 Å². The number of aromatic amines is 1. The molecule has 0 amide bonds. The second-order valence-electron chi connectivity index (χ2n) is 7.47. The molecule has 2 aromatic heterocycles. The summed E-state index contributed by atoms with van der Waals surface area (Å²) in [5, 5.41) is 1.17. The van der Waals surface area contributed by atoms with Gasteiger partial charge < -0.3 is 9.72 Å². The summed E-state index contributed by atoms with van der Waals surface area (Å²) in [6.45, 7) is 3.02. The Morgan fingerprint density at radius 3 is 2.81 bits per heavy atom. The van der Waals surface area contributed by atoms with Crippen LogP contribution in [0.2, 0.25) is 0 Å². The fraction of sp³-hybridized carbons (Fsp3) is 0.429. The van der Waals surface area contributed by atoms with Crippen LogP contribution in [0.15, 0.2) is 42.7 Å². The summed E-state index contributed by atoms with van der Waals surface area (Å²) in [5.41, 5.74) is 2.29. The lowest BCUT2D eigenvalue weighted by Crippen LogP contribution is -2.38. The Bertz CT molecular complexity index is 894. The summed E-state index contributed by atoms with van der Waals surface area (Å²) < 4.78 is 6.31. The molecule has 1 aromatic carbocycles. The molecule has 0 bridgehead atoms. The number of nitrogens with one attached hydrogen (secondary N) is 1. The van der Waals surface area contributed by atoms with E-state index >= 15 is 0 Å². The van der Waals surface area contributed by atoms with E-state index in [0.29, 0.717) is 12.0 Å². The van der Waals surface area contributed by atoms with E-state index in [2.05, 4.69) is 45.2 Å². The Morgan fingerprint density at radius 2 is 1.96 bits per heavy atom. The van der Waals surface area contributed by atoms with E-state index in [1.54, 1.807) is 0 Å².